The average molecular weight is 259 g/mol. The van der Waals surface area contributed by atoms with Gasteiger partial charge in [0.25, 0.3) is 0 Å². The highest BCUT2D eigenvalue weighted by molar-refractivity contribution is 5.83. The number of carbonyl (C=O) groups excluding carboxylic acids is 2. The molecule has 104 valence electrons. The van der Waals surface area contributed by atoms with Gasteiger partial charge in [-0.3, -0.25) is 9.59 Å². The first-order valence-corrected chi connectivity index (χ1v) is 5.81. The fraction of sp³-hybridized carbons (Fsp3) is 0.727. The fourth-order valence-electron chi connectivity index (χ4n) is 1.37. The quantitative estimate of drug-likeness (QED) is 0.507. The van der Waals surface area contributed by atoms with Gasteiger partial charge in [0.1, 0.15) is 0 Å². The maximum atomic E-state index is 11.3. The van der Waals surface area contributed by atoms with Crippen LogP contribution in [0.3, 0.4) is 0 Å². The number of aliphatic carboxylic acids is 1. The van der Waals surface area contributed by atoms with Gasteiger partial charge in [-0.05, 0) is 12.3 Å². The van der Waals surface area contributed by atoms with E-state index in [1.54, 1.807) is 0 Å². The Bertz CT molecular complexity index is 305. The molecule has 0 bridgehead atoms. The van der Waals surface area contributed by atoms with Gasteiger partial charge in [0.2, 0.25) is 5.91 Å². The lowest BCUT2D eigenvalue weighted by Gasteiger charge is -2.15. The van der Waals surface area contributed by atoms with Crippen molar-refractivity contribution in [3.05, 3.63) is 0 Å². The Hall–Kier alpha value is -1.79. The second kappa shape index (κ2) is 8.32. The van der Waals surface area contributed by atoms with E-state index >= 15 is 0 Å². The number of hydrogen-bond donors (Lipinski definition) is 4. The lowest BCUT2D eigenvalue weighted by Crippen LogP contribution is -2.43. The van der Waals surface area contributed by atoms with E-state index < -0.39 is 17.9 Å². The third kappa shape index (κ3) is 7.48. The van der Waals surface area contributed by atoms with E-state index in [9.17, 15) is 14.4 Å². The van der Waals surface area contributed by atoms with Crippen LogP contribution in [-0.4, -0.2) is 43.2 Å². The van der Waals surface area contributed by atoms with Gasteiger partial charge in [-0.2, -0.15) is 0 Å². The lowest BCUT2D eigenvalue weighted by atomic mass is 9.97. The van der Waals surface area contributed by atoms with E-state index in [1.807, 2.05) is 13.8 Å². The first-order valence-electron chi connectivity index (χ1n) is 5.81. The Labute approximate surface area is 106 Å². The maximum Gasteiger partial charge on any atom is 0.315 e. The van der Waals surface area contributed by atoms with Crippen molar-refractivity contribution in [3.63, 3.8) is 0 Å². The van der Waals surface area contributed by atoms with Crippen molar-refractivity contribution >= 4 is 17.9 Å². The van der Waals surface area contributed by atoms with Gasteiger partial charge in [-0.1, -0.05) is 13.8 Å². The van der Waals surface area contributed by atoms with Crippen molar-refractivity contribution in [1.82, 2.24) is 16.0 Å². The number of nitrogens with one attached hydrogen (secondary N) is 3. The summed E-state index contributed by atoms with van der Waals surface area (Å²) in [7, 11) is 1.46. The molecule has 7 nitrogen and oxygen atoms in total. The van der Waals surface area contributed by atoms with Crippen molar-refractivity contribution in [2.75, 3.05) is 20.1 Å². The van der Waals surface area contributed by atoms with Gasteiger partial charge in [-0.15, -0.1) is 0 Å². The van der Waals surface area contributed by atoms with Crippen LogP contribution >= 0.6 is 0 Å². The van der Waals surface area contributed by atoms with Crippen LogP contribution in [-0.2, 0) is 9.59 Å². The molecular weight excluding hydrogens is 238 g/mol. The van der Waals surface area contributed by atoms with Crippen LogP contribution in [0.5, 0.6) is 0 Å². The number of rotatable bonds is 7. The minimum Gasteiger partial charge on any atom is -0.481 e. The predicted octanol–water partition coefficient (Wildman–Crippen LogP) is -0.221. The summed E-state index contributed by atoms with van der Waals surface area (Å²) < 4.78 is 0. The largest absolute Gasteiger partial charge is 0.481 e. The molecule has 4 N–H and O–H groups in total. The smallest absolute Gasteiger partial charge is 0.315 e. The Balaban J connectivity index is 4.00. The zero-order chi connectivity index (χ0) is 14.1. The van der Waals surface area contributed by atoms with E-state index in [2.05, 4.69) is 16.0 Å². The Kier molecular flexibility index (Phi) is 7.50. The van der Waals surface area contributed by atoms with E-state index in [4.69, 9.17) is 5.11 Å². The molecule has 1 unspecified atom stereocenters. The monoisotopic (exact) mass is 259 g/mol. The molecule has 0 aromatic heterocycles. The molecule has 0 aliphatic carbocycles. The van der Waals surface area contributed by atoms with Crippen LogP contribution in [0.4, 0.5) is 4.79 Å². The van der Waals surface area contributed by atoms with E-state index in [-0.39, 0.29) is 24.9 Å². The van der Waals surface area contributed by atoms with Crippen LogP contribution in [0.25, 0.3) is 0 Å². The van der Waals surface area contributed by atoms with Crippen molar-refractivity contribution in [3.8, 4) is 0 Å². The second-order valence-electron chi connectivity index (χ2n) is 4.40. The van der Waals surface area contributed by atoms with Crippen LogP contribution in [0.15, 0.2) is 0 Å². The summed E-state index contributed by atoms with van der Waals surface area (Å²) in [5, 5.41) is 16.1. The second-order valence-corrected chi connectivity index (χ2v) is 4.40. The molecule has 0 aliphatic rings. The molecule has 0 rings (SSSR count). The normalized spacial score (nSPS) is 11.8. The number of likely N-dealkylation sites (N-methyl/N-ethyl adjacent to an activating group) is 1. The minimum absolute atomic E-state index is 0.0487. The molecule has 0 aromatic carbocycles. The molecule has 18 heavy (non-hydrogen) atoms. The van der Waals surface area contributed by atoms with Crippen LogP contribution in [0.2, 0.25) is 0 Å². The third-order valence-electron chi connectivity index (χ3n) is 2.30. The van der Waals surface area contributed by atoms with E-state index in [0.717, 1.165) is 0 Å². The topological polar surface area (TPSA) is 108 Å². The van der Waals surface area contributed by atoms with Crippen LogP contribution in [0, 0.1) is 11.8 Å². The molecule has 0 radical (unpaired) electrons. The lowest BCUT2D eigenvalue weighted by molar-refractivity contribution is -0.142. The maximum absolute atomic E-state index is 11.3. The average Bonchev–Trinajstić information content (AvgIpc) is 2.30. The molecule has 0 spiro atoms. The van der Waals surface area contributed by atoms with Gasteiger partial charge in [0.15, 0.2) is 0 Å². The fourth-order valence-corrected chi connectivity index (χ4v) is 1.37. The molecule has 0 aromatic rings. The number of carbonyl (C=O) groups is 3. The first kappa shape index (κ1) is 16.2. The SMILES string of the molecule is CNC(=O)CNC(=O)NCC(CC(C)C)C(=O)O. The van der Waals surface area contributed by atoms with Gasteiger partial charge < -0.3 is 21.1 Å². The summed E-state index contributed by atoms with van der Waals surface area (Å²) in [6, 6.07) is -0.548. The summed E-state index contributed by atoms with van der Waals surface area (Å²) in [4.78, 5) is 33.1. The Morgan fingerprint density at radius 2 is 1.78 bits per heavy atom. The van der Waals surface area contributed by atoms with Crippen molar-refractivity contribution in [2.24, 2.45) is 11.8 Å². The highest BCUT2D eigenvalue weighted by Gasteiger charge is 2.19. The van der Waals surface area contributed by atoms with Gasteiger partial charge in [-0.25, -0.2) is 4.79 Å². The summed E-state index contributed by atoms with van der Waals surface area (Å²) >= 11 is 0. The Morgan fingerprint density at radius 3 is 2.22 bits per heavy atom. The highest BCUT2D eigenvalue weighted by atomic mass is 16.4. The molecule has 3 amide bonds. The summed E-state index contributed by atoms with van der Waals surface area (Å²) in [5.74, 6) is -1.63. The van der Waals surface area contributed by atoms with Crippen LogP contribution in [0.1, 0.15) is 20.3 Å². The zero-order valence-electron chi connectivity index (χ0n) is 10.9. The predicted molar refractivity (Wildman–Crippen MR) is 66.0 cm³/mol. The highest BCUT2D eigenvalue weighted by Crippen LogP contribution is 2.10. The van der Waals surface area contributed by atoms with Crippen molar-refractivity contribution < 1.29 is 19.5 Å². The molecule has 7 heteroatoms. The summed E-state index contributed by atoms with van der Waals surface area (Å²) in [5.41, 5.74) is 0. The third-order valence-corrected chi connectivity index (χ3v) is 2.30. The molecule has 0 fully saturated rings. The van der Waals surface area contributed by atoms with Gasteiger partial charge in [0, 0.05) is 13.6 Å². The van der Waals surface area contributed by atoms with E-state index in [0.29, 0.717) is 6.42 Å². The van der Waals surface area contributed by atoms with Crippen molar-refractivity contribution in [1.29, 1.82) is 0 Å². The molecule has 1 atom stereocenters. The van der Waals surface area contributed by atoms with Crippen molar-refractivity contribution in [2.45, 2.75) is 20.3 Å². The number of urea groups is 1. The standard InChI is InChI=1S/C11H21N3O4/c1-7(2)4-8(10(16)17)5-13-11(18)14-6-9(15)12-3/h7-8H,4-6H2,1-3H3,(H,12,15)(H,16,17)(H2,13,14,18). The van der Waals surface area contributed by atoms with Crippen LogP contribution < -0.4 is 16.0 Å². The summed E-state index contributed by atoms with van der Waals surface area (Å²) in [6.07, 6.45) is 0.491. The molecular formula is C11H21N3O4. The Morgan fingerprint density at radius 1 is 1.17 bits per heavy atom. The molecule has 0 aliphatic heterocycles. The molecule has 0 saturated heterocycles. The zero-order valence-corrected chi connectivity index (χ0v) is 10.9. The van der Waals surface area contributed by atoms with Gasteiger partial charge in [0.05, 0.1) is 12.5 Å². The molecule has 0 heterocycles. The van der Waals surface area contributed by atoms with E-state index in [1.165, 1.54) is 7.05 Å². The number of carboxylic acids is 1. The minimum atomic E-state index is -0.935. The number of carboxylic acid groups (broad SMARTS) is 1. The first-order chi connectivity index (χ1) is 8.36. The molecule has 0 saturated carbocycles. The summed E-state index contributed by atoms with van der Waals surface area (Å²) in [6.45, 7) is 3.75. The number of hydrogen-bond acceptors (Lipinski definition) is 3. The van der Waals surface area contributed by atoms with Gasteiger partial charge >= 0.3 is 12.0 Å². The number of amides is 3.